The maximum absolute atomic E-state index is 10.9. The zero-order valence-corrected chi connectivity index (χ0v) is 27.9. The molecule has 0 aromatic heterocycles. The number of hydrogen-bond acceptors (Lipinski definition) is 4. The molecule has 0 aliphatic rings. The summed E-state index contributed by atoms with van der Waals surface area (Å²) in [6.45, 7) is 4.59. The maximum Gasteiger partial charge on any atom is 1.00 e. The third-order valence-electron chi connectivity index (χ3n) is 7.13. The molecule has 0 aromatic carbocycles. The second kappa shape index (κ2) is 30.1. The second-order valence-electron chi connectivity index (χ2n) is 10.6. The molecule has 0 aliphatic carbocycles. The molecule has 0 spiro atoms. The molecule has 0 saturated carbocycles. The van der Waals surface area contributed by atoms with Crippen molar-refractivity contribution in [3.8, 4) is 0 Å². The van der Waals surface area contributed by atoms with Gasteiger partial charge in [-0.05, 0) is 18.8 Å². The minimum absolute atomic E-state index is 0. The van der Waals surface area contributed by atoms with Gasteiger partial charge in [0.15, 0.2) is 0 Å². The molecule has 0 amide bonds. The van der Waals surface area contributed by atoms with Gasteiger partial charge in [0.05, 0.1) is 6.61 Å². The first-order valence-corrected chi connectivity index (χ1v) is 16.4. The second-order valence-corrected chi connectivity index (χ2v) is 11.6. The minimum atomic E-state index is -4.58. The fourth-order valence-corrected chi connectivity index (χ4v) is 5.22. The molecule has 0 aromatic rings. The molecule has 6 heteroatoms. The Balaban J connectivity index is 0. The molecule has 0 fully saturated rings. The Bertz CT molecular complexity index is 499. The predicted molar refractivity (Wildman–Crippen MR) is 146 cm³/mol. The van der Waals surface area contributed by atoms with Crippen molar-refractivity contribution in [2.45, 2.75) is 174 Å². The van der Waals surface area contributed by atoms with Crippen LogP contribution in [0.15, 0.2) is 0 Å². The molecule has 0 N–H and O–H groups in total. The van der Waals surface area contributed by atoms with E-state index in [-0.39, 0.29) is 63.9 Å². The molecular weight excluding hydrogens is 483 g/mol. The summed E-state index contributed by atoms with van der Waals surface area (Å²) >= 11 is 0. The molecule has 1 atom stereocenters. The molecule has 206 valence electrons. The topological polar surface area (TPSA) is 66.4 Å². The molecule has 0 saturated heterocycles. The van der Waals surface area contributed by atoms with Crippen LogP contribution in [0, 0.1) is 5.92 Å². The first-order valence-electron chi connectivity index (χ1n) is 15.1. The Kier molecular flexibility index (Phi) is 33.2. The zero-order chi connectivity index (χ0) is 25.2. The molecule has 4 nitrogen and oxygen atoms in total. The Morgan fingerprint density at radius 3 is 1.03 bits per heavy atom. The van der Waals surface area contributed by atoms with E-state index in [1.807, 2.05) is 0 Å². The maximum atomic E-state index is 10.9. The van der Waals surface area contributed by atoms with Crippen molar-refractivity contribution < 1.29 is 68.5 Å². The van der Waals surface area contributed by atoms with E-state index in [4.69, 9.17) is 0 Å². The molecular formula is C29H59KO4S. The van der Waals surface area contributed by atoms with Gasteiger partial charge in [0, 0.05) is 0 Å². The number of unbranched alkanes of at least 4 members (excludes halogenated alkanes) is 21. The molecule has 0 heterocycles. The van der Waals surface area contributed by atoms with Crippen LogP contribution >= 0.6 is 0 Å². The van der Waals surface area contributed by atoms with Crippen LogP contribution in [0.1, 0.15) is 174 Å². The summed E-state index contributed by atoms with van der Waals surface area (Å²) < 4.78 is 37.3. The van der Waals surface area contributed by atoms with Crippen molar-refractivity contribution in [2.75, 3.05) is 6.61 Å². The summed E-state index contributed by atoms with van der Waals surface area (Å²) in [6.07, 6.45) is 32.3. The van der Waals surface area contributed by atoms with Crippen molar-refractivity contribution in [3.05, 3.63) is 0 Å². The van der Waals surface area contributed by atoms with Crippen molar-refractivity contribution in [2.24, 2.45) is 5.92 Å². The fourth-order valence-electron chi connectivity index (χ4n) is 4.86. The minimum Gasteiger partial charge on any atom is -0.726 e. The first-order chi connectivity index (χ1) is 16.5. The molecule has 1 unspecified atom stereocenters. The average molecular weight is 543 g/mol. The Labute approximate surface area is 263 Å². The van der Waals surface area contributed by atoms with Crippen LogP contribution in [-0.4, -0.2) is 19.6 Å². The quantitative estimate of drug-likeness (QED) is 0.0468. The number of hydrogen-bond donors (Lipinski definition) is 0. The van der Waals surface area contributed by atoms with Gasteiger partial charge >= 0.3 is 51.4 Å². The van der Waals surface area contributed by atoms with Crippen molar-refractivity contribution in [3.63, 3.8) is 0 Å². The average Bonchev–Trinajstić information content (AvgIpc) is 2.80. The summed E-state index contributed by atoms with van der Waals surface area (Å²) in [7, 11) is -4.58. The van der Waals surface area contributed by atoms with E-state index in [9.17, 15) is 13.0 Å². The van der Waals surface area contributed by atoms with Gasteiger partial charge in [0.1, 0.15) is 0 Å². The standard InChI is InChI=1S/C29H60O4S.K/c1-3-5-7-9-11-13-14-15-16-17-19-21-23-25-27-29(28-33-34(30,31)32)26-24-22-20-18-12-10-8-6-4-2;/h29H,3-28H2,1-2H3,(H,30,31,32);/q;+1/p-1. The predicted octanol–water partition coefficient (Wildman–Crippen LogP) is 6.88. The fraction of sp³-hybridized carbons (Fsp3) is 1.00. The zero-order valence-electron chi connectivity index (χ0n) is 24.0. The third kappa shape index (κ3) is 33.5. The van der Waals surface area contributed by atoms with Gasteiger partial charge in [-0.3, -0.25) is 4.18 Å². The van der Waals surface area contributed by atoms with E-state index >= 15 is 0 Å². The Morgan fingerprint density at radius 1 is 0.514 bits per heavy atom. The van der Waals surface area contributed by atoms with E-state index < -0.39 is 10.4 Å². The molecule has 0 radical (unpaired) electrons. The van der Waals surface area contributed by atoms with Gasteiger partial charge in [-0.25, -0.2) is 8.42 Å². The van der Waals surface area contributed by atoms with E-state index in [0.717, 1.165) is 25.7 Å². The van der Waals surface area contributed by atoms with E-state index in [2.05, 4.69) is 18.0 Å². The van der Waals surface area contributed by atoms with Crippen molar-refractivity contribution in [1.29, 1.82) is 0 Å². The summed E-state index contributed by atoms with van der Waals surface area (Å²) in [4.78, 5) is 0. The largest absolute Gasteiger partial charge is 1.00 e. The normalized spacial score (nSPS) is 12.5. The van der Waals surface area contributed by atoms with Gasteiger partial charge < -0.3 is 4.55 Å². The SMILES string of the molecule is CCCCCCCCCCCCCCCCC(CCCCCCCCCCC)COS(=O)(=O)[O-].[K+]. The Hall–Kier alpha value is 1.51. The van der Waals surface area contributed by atoms with Gasteiger partial charge in [0.25, 0.3) is 0 Å². The van der Waals surface area contributed by atoms with Crippen LogP contribution < -0.4 is 51.4 Å². The van der Waals surface area contributed by atoms with Gasteiger partial charge in [0.2, 0.25) is 10.4 Å². The summed E-state index contributed by atoms with van der Waals surface area (Å²) in [6, 6.07) is 0. The summed E-state index contributed by atoms with van der Waals surface area (Å²) in [5.41, 5.74) is 0. The smallest absolute Gasteiger partial charge is 0.726 e. The van der Waals surface area contributed by atoms with Gasteiger partial charge in [-0.15, -0.1) is 0 Å². The van der Waals surface area contributed by atoms with Crippen LogP contribution in [0.4, 0.5) is 0 Å². The van der Waals surface area contributed by atoms with Crippen LogP contribution in [0.25, 0.3) is 0 Å². The van der Waals surface area contributed by atoms with Crippen molar-refractivity contribution in [1.82, 2.24) is 0 Å². The summed E-state index contributed by atoms with van der Waals surface area (Å²) in [5, 5.41) is 0. The van der Waals surface area contributed by atoms with Crippen LogP contribution in [0.2, 0.25) is 0 Å². The van der Waals surface area contributed by atoms with Gasteiger partial charge in [-0.2, -0.15) is 0 Å². The summed E-state index contributed by atoms with van der Waals surface area (Å²) in [5.74, 6) is 0.200. The van der Waals surface area contributed by atoms with Crippen LogP contribution in [0.3, 0.4) is 0 Å². The van der Waals surface area contributed by atoms with E-state index in [0.29, 0.717) is 0 Å². The number of rotatable bonds is 28. The molecule has 0 bridgehead atoms. The van der Waals surface area contributed by atoms with Crippen LogP contribution in [0.5, 0.6) is 0 Å². The first kappa shape index (κ1) is 38.7. The van der Waals surface area contributed by atoms with Gasteiger partial charge in [-0.1, -0.05) is 162 Å². The Morgan fingerprint density at radius 2 is 0.771 bits per heavy atom. The van der Waals surface area contributed by atoms with E-state index in [1.165, 1.54) is 135 Å². The molecule has 35 heavy (non-hydrogen) atoms. The van der Waals surface area contributed by atoms with Crippen LogP contribution in [-0.2, 0) is 14.6 Å². The van der Waals surface area contributed by atoms with E-state index in [1.54, 1.807) is 0 Å². The third-order valence-corrected chi connectivity index (χ3v) is 7.55. The monoisotopic (exact) mass is 542 g/mol. The van der Waals surface area contributed by atoms with Crippen molar-refractivity contribution >= 4 is 10.4 Å². The molecule has 0 rings (SSSR count). The molecule has 0 aliphatic heterocycles.